The molecule has 10 heteroatoms. The fourth-order valence-electron chi connectivity index (χ4n) is 2.91. The first-order valence-corrected chi connectivity index (χ1v) is 9.55. The second-order valence-corrected chi connectivity index (χ2v) is 7.75. The first-order chi connectivity index (χ1) is 12.7. The molecule has 0 aliphatic carbocycles. The molecule has 1 saturated heterocycles. The van der Waals surface area contributed by atoms with Gasteiger partial charge >= 0.3 is 6.18 Å². The van der Waals surface area contributed by atoms with E-state index in [4.69, 9.17) is 0 Å². The highest BCUT2D eigenvalue weighted by atomic mass is 32.2. The largest absolute Gasteiger partial charge is 0.417 e. The number of hydrogen-bond acceptors (Lipinski definition) is 4. The number of alkyl halides is 3. The lowest BCUT2D eigenvalue weighted by Crippen LogP contribution is -2.39. The molecule has 1 aromatic heterocycles. The van der Waals surface area contributed by atoms with Crippen LogP contribution in [0.1, 0.15) is 22.5 Å². The second kappa shape index (κ2) is 7.28. The summed E-state index contributed by atoms with van der Waals surface area (Å²) in [4.78, 5) is 16.9. The van der Waals surface area contributed by atoms with Crippen molar-refractivity contribution in [2.45, 2.75) is 23.5 Å². The van der Waals surface area contributed by atoms with E-state index in [0.29, 0.717) is 6.42 Å². The van der Waals surface area contributed by atoms with E-state index < -0.39 is 32.7 Å². The summed E-state index contributed by atoms with van der Waals surface area (Å²) in [5.74, 6) is -0.354. The summed E-state index contributed by atoms with van der Waals surface area (Å²) >= 11 is 0. The lowest BCUT2D eigenvalue weighted by atomic mass is 10.2. The smallest absolute Gasteiger partial charge is 0.336 e. The van der Waals surface area contributed by atoms with E-state index >= 15 is 0 Å². The number of likely N-dealkylation sites (tertiary alicyclic amines) is 1. The minimum Gasteiger partial charge on any atom is -0.336 e. The number of carbonyl (C=O) groups is 1. The predicted octanol–water partition coefficient (Wildman–Crippen LogP) is 2.29. The van der Waals surface area contributed by atoms with Crippen LogP contribution in [0.4, 0.5) is 13.2 Å². The monoisotopic (exact) mass is 399 g/mol. The van der Waals surface area contributed by atoms with E-state index in [0.717, 1.165) is 18.2 Å². The number of nitrogens with one attached hydrogen (secondary N) is 1. The zero-order chi connectivity index (χ0) is 19.7. The molecule has 6 nitrogen and oxygen atoms in total. The summed E-state index contributed by atoms with van der Waals surface area (Å²) in [6, 6.07) is 8.18. The Kier molecular flexibility index (Phi) is 5.20. The van der Waals surface area contributed by atoms with Gasteiger partial charge in [0.2, 0.25) is 10.0 Å². The zero-order valence-electron chi connectivity index (χ0n) is 14.0. The molecule has 0 bridgehead atoms. The van der Waals surface area contributed by atoms with Gasteiger partial charge in [-0.05, 0) is 30.7 Å². The van der Waals surface area contributed by atoms with Gasteiger partial charge in [0.1, 0.15) is 5.69 Å². The molecule has 1 N–H and O–H groups in total. The fraction of sp³-hybridized carbons (Fsp3) is 0.294. The quantitative estimate of drug-likeness (QED) is 0.856. The minimum atomic E-state index is -4.79. The molecule has 1 unspecified atom stereocenters. The molecule has 1 amide bonds. The Balaban J connectivity index is 1.74. The van der Waals surface area contributed by atoms with Crippen LogP contribution in [0, 0.1) is 0 Å². The molecule has 0 spiro atoms. The zero-order valence-corrected chi connectivity index (χ0v) is 14.8. The Labute approximate surface area is 154 Å². The summed E-state index contributed by atoms with van der Waals surface area (Å²) in [5.41, 5.74) is -1.000. The average Bonchev–Trinajstić information content (AvgIpc) is 3.09. The van der Waals surface area contributed by atoms with Gasteiger partial charge in [-0.1, -0.05) is 18.2 Å². The molecule has 3 rings (SSSR count). The lowest BCUT2D eigenvalue weighted by molar-refractivity contribution is -0.139. The van der Waals surface area contributed by atoms with Crippen LogP contribution >= 0.6 is 0 Å². The highest BCUT2D eigenvalue weighted by molar-refractivity contribution is 7.89. The Morgan fingerprint density at radius 2 is 1.85 bits per heavy atom. The van der Waals surface area contributed by atoms with Gasteiger partial charge in [0.15, 0.2) is 0 Å². The van der Waals surface area contributed by atoms with Crippen molar-refractivity contribution in [2.75, 3.05) is 13.1 Å². The molecule has 2 aromatic rings. The van der Waals surface area contributed by atoms with Gasteiger partial charge in [0.05, 0.1) is 10.5 Å². The van der Waals surface area contributed by atoms with E-state index in [2.05, 4.69) is 9.71 Å². The van der Waals surface area contributed by atoms with Crippen LogP contribution in [-0.4, -0.2) is 43.3 Å². The van der Waals surface area contributed by atoms with Crippen LogP contribution in [0.15, 0.2) is 53.6 Å². The van der Waals surface area contributed by atoms with Crippen LogP contribution < -0.4 is 4.72 Å². The van der Waals surface area contributed by atoms with Crippen LogP contribution in [0.2, 0.25) is 0 Å². The number of carbonyl (C=O) groups excluding carboxylic acids is 1. The number of hydrogen-bond donors (Lipinski definition) is 1. The third-order valence-corrected chi connectivity index (χ3v) is 5.74. The van der Waals surface area contributed by atoms with Crippen molar-refractivity contribution in [3.8, 4) is 0 Å². The Morgan fingerprint density at radius 1 is 1.15 bits per heavy atom. The van der Waals surface area contributed by atoms with Gasteiger partial charge in [-0.25, -0.2) is 13.1 Å². The van der Waals surface area contributed by atoms with E-state index in [-0.39, 0.29) is 24.7 Å². The lowest BCUT2D eigenvalue weighted by Gasteiger charge is -2.18. The molecule has 0 radical (unpaired) electrons. The first kappa shape index (κ1) is 19.3. The van der Waals surface area contributed by atoms with Crippen molar-refractivity contribution in [3.63, 3.8) is 0 Å². The van der Waals surface area contributed by atoms with Crippen LogP contribution in [0.25, 0.3) is 0 Å². The van der Waals surface area contributed by atoms with Crippen molar-refractivity contribution in [1.82, 2.24) is 14.6 Å². The topological polar surface area (TPSA) is 79.4 Å². The number of pyridine rings is 1. The average molecular weight is 399 g/mol. The molecule has 0 saturated carbocycles. The number of amides is 1. The number of aromatic nitrogens is 1. The summed E-state index contributed by atoms with van der Waals surface area (Å²) in [5, 5.41) is 0. The molecule has 1 aliphatic heterocycles. The maximum Gasteiger partial charge on any atom is 0.417 e. The molecule has 1 fully saturated rings. The number of nitrogens with zero attached hydrogens (tertiary/aromatic N) is 2. The van der Waals surface area contributed by atoms with Crippen molar-refractivity contribution in [3.05, 3.63) is 59.9 Å². The number of rotatable bonds is 4. The highest BCUT2D eigenvalue weighted by Gasteiger charge is 2.38. The summed E-state index contributed by atoms with van der Waals surface area (Å²) in [7, 11) is -4.39. The van der Waals surface area contributed by atoms with E-state index in [1.165, 1.54) is 17.2 Å². The summed E-state index contributed by atoms with van der Waals surface area (Å²) in [6.45, 7) is 0.340. The maximum atomic E-state index is 13.1. The van der Waals surface area contributed by atoms with Crippen LogP contribution in [0.5, 0.6) is 0 Å². The highest BCUT2D eigenvalue weighted by Crippen LogP contribution is 2.34. The normalized spacial score (nSPS) is 17.9. The Hall–Kier alpha value is -2.46. The molecule has 144 valence electrons. The third kappa shape index (κ3) is 4.28. The maximum absolute atomic E-state index is 13.1. The second-order valence-electron chi connectivity index (χ2n) is 6.07. The van der Waals surface area contributed by atoms with Crippen molar-refractivity contribution in [2.24, 2.45) is 0 Å². The number of halogens is 3. The SMILES string of the molecule is O=C(c1ccccn1)N1CCC(NS(=O)(=O)c2ccccc2C(F)(F)F)C1. The summed E-state index contributed by atoms with van der Waals surface area (Å²) in [6.07, 6.45) is -3.02. The molecular weight excluding hydrogens is 383 g/mol. The van der Waals surface area contributed by atoms with E-state index in [1.54, 1.807) is 18.2 Å². The van der Waals surface area contributed by atoms with E-state index in [9.17, 15) is 26.4 Å². The standard InChI is InChI=1S/C17H16F3N3O3S/c18-17(19,20)13-5-1-2-7-15(13)27(25,26)22-12-8-10-23(11-12)16(24)14-6-3-4-9-21-14/h1-7,9,12,22H,8,10-11H2. The predicted molar refractivity (Wildman–Crippen MR) is 90.3 cm³/mol. The molecule has 1 aromatic carbocycles. The summed E-state index contributed by atoms with van der Waals surface area (Å²) < 4.78 is 66.5. The number of benzene rings is 1. The van der Waals surface area contributed by atoms with Crippen molar-refractivity contribution < 1.29 is 26.4 Å². The number of sulfonamides is 1. The Bertz CT molecular complexity index is 933. The van der Waals surface area contributed by atoms with Crippen LogP contribution in [-0.2, 0) is 16.2 Å². The van der Waals surface area contributed by atoms with Gasteiger partial charge in [-0.15, -0.1) is 0 Å². The van der Waals surface area contributed by atoms with Gasteiger partial charge in [-0.2, -0.15) is 13.2 Å². The van der Waals surface area contributed by atoms with Crippen molar-refractivity contribution in [1.29, 1.82) is 0 Å². The first-order valence-electron chi connectivity index (χ1n) is 8.07. The van der Waals surface area contributed by atoms with Gasteiger partial charge in [-0.3, -0.25) is 9.78 Å². The van der Waals surface area contributed by atoms with E-state index in [1.807, 2.05) is 0 Å². The third-order valence-electron chi connectivity index (χ3n) is 4.16. The molecular formula is C17H16F3N3O3S. The van der Waals surface area contributed by atoms with Gasteiger partial charge in [0, 0.05) is 25.3 Å². The molecule has 1 atom stereocenters. The fourth-order valence-corrected chi connectivity index (χ4v) is 4.40. The van der Waals surface area contributed by atoms with Crippen LogP contribution in [0.3, 0.4) is 0 Å². The molecule has 27 heavy (non-hydrogen) atoms. The molecule has 1 aliphatic rings. The van der Waals surface area contributed by atoms with Crippen molar-refractivity contribution >= 4 is 15.9 Å². The van der Waals surface area contributed by atoms with Gasteiger partial charge < -0.3 is 4.90 Å². The molecule has 2 heterocycles. The van der Waals surface area contributed by atoms with Gasteiger partial charge in [0.25, 0.3) is 5.91 Å². The minimum absolute atomic E-state index is 0.0584. The Morgan fingerprint density at radius 3 is 2.52 bits per heavy atom.